The van der Waals surface area contributed by atoms with E-state index in [9.17, 15) is 0 Å². The molecule has 0 radical (unpaired) electrons. The average molecular weight is 210 g/mol. The van der Waals surface area contributed by atoms with Crippen LogP contribution in [0.1, 0.15) is 18.8 Å². The molecule has 2 heterocycles. The van der Waals surface area contributed by atoms with E-state index < -0.39 is 0 Å². The Hall–Kier alpha value is -1.50. The minimum Gasteiger partial charge on any atom is -0.351 e. The second-order valence-electron chi connectivity index (χ2n) is 2.91. The van der Waals surface area contributed by atoms with Gasteiger partial charge in [-0.3, -0.25) is 0 Å². The highest BCUT2D eigenvalue weighted by atomic mass is 32.1. The average Bonchev–Trinajstić information content (AvgIpc) is 2.75. The van der Waals surface area contributed by atoms with Crippen LogP contribution in [-0.4, -0.2) is 24.1 Å². The summed E-state index contributed by atoms with van der Waals surface area (Å²) in [6.07, 6.45) is 3.20. The third kappa shape index (κ3) is 1.72. The van der Waals surface area contributed by atoms with Crippen molar-refractivity contribution in [2.75, 3.05) is 5.32 Å². The molecule has 0 bridgehead atoms. The second-order valence-corrected chi connectivity index (χ2v) is 3.69. The van der Waals surface area contributed by atoms with Gasteiger partial charge in [-0.25, -0.2) is 4.98 Å². The number of aryl methyl sites for hydroxylation is 1. The molecule has 14 heavy (non-hydrogen) atoms. The maximum absolute atomic E-state index is 4.03. The maximum atomic E-state index is 4.03. The quantitative estimate of drug-likeness (QED) is 0.813. The zero-order chi connectivity index (χ0) is 9.97. The van der Waals surface area contributed by atoms with Crippen LogP contribution in [0.3, 0.4) is 0 Å². The van der Waals surface area contributed by atoms with E-state index in [2.05, 4.69) is 24.9 Å². The van der Waals surface area contributed by atoms with Crippen LogP contribution in [0.2, 0.25) is 0 Å². The van der Waals surface area contributed by atoms with Gasteiger partial charge in [0.2, 0.25) is 5.13 Å². The molecule has 2 aromatic rings. The normalized spacial score (nSPS) is 12.7. The van der Waals surface area contributed by atoms with Gasteiger partial charge in [0.05, 0.1) is 6.04 Å². The highest BCUT2D eigenvalue weighted by molar-refractivity contribution is 7.09. The number of rotatable bonds is 3. The van der Waals surface area contributed by atoms with Crippen molar-refractivity contribution < 1.29 is 0 Å². The summed E-state index contributed by atoms with van der Waals surface area (Å²) in [4.78, 5) is 4.03. The van der Waals surface area contributed by atoms with Crippen molar-refractivity contribution in [2.24, 2.45) is 7.05 Å². The Balaban J connectivity index is 2.10. The molecule has 0 saturated carbocycles. The lowest BCUT2D eigenvalue weighted by atomic mass is 10.3. The largest absolute Gasteiger partial charge is 0.351 e. The van der Waals surface area contributed by atoms with E-state index in [-0.39, 0.29) is 6.04 Å². The second kappa shape index (κ2) is 3.70. The fraction of sp³-hybridized carbons (Fsp3) is 0.429. The SMILES string of the molecule is CC(Nc1ncns1)c1nncn1C. The number of hydrogen-bond donors (Lipinski definition) is 1. The minimum atomic E-state index is 0.0791. The first-order valence-electron chi connectivity index (χ1n) is 4.14. The van der Waals surface area contributed by atoms with Gasteiger partial charge in [-0.1, -0.05) is 0 Å². The van der Waals surface area contributed by atoms with Crippen LogP contribution in [-0.2, 0) is 7.05 Å². The fourth-order valence-corrected chi connectivity index (χ4v) is 1.69. The Morgan fingerprint density at radius 3 is 3.00 bits per heavy atom. The van der Waals surface area contributed by atoms with Crippen molar-refractivity contribution in [3.05, 3.63) is 18.5 Å². The molecule has 0 aliphatic heterocycles. The molecular formula is C7H10N6S. The minimum absolute atomic E-state index is 0.0791. The Morgan fingerprint density at radius 1 is 1.57 bits per heavy atom. The number of anilines is 1. The standard InChI is InChI=1S/C7H10N6S/c1-5(6-12-9-4-13(6)2)11-7-8-3-10-14-7/h3-5H,1-2H3,(H,8,10,11). The van der Waals surface area contributed by atoms with Gasteiger partial charge in [0.25, 0.3) is 0 Å². The van der Waals surface area contributed by atoms with E-state index in [4.69, 9.17) is 0 Å². The zero-order valence-electron chi connectivity index (χ0n) is 7.88. The van der Waals surface area contributed by atoms with Crippen LogP contribution in [0.4, 0.5) is 5.13 Å². The lowest BCUT2D eigenvalue weighted by Crippen LogP contribution is -2.11. The molecular weight excluding hydrogens is 200 g/mol. The number of nitrogens with zero attached hydrogens (tertiary/aromatic N) is 5. The van der Waals surface area contributed by atoms with Gasteiger partial charge in [-0.2, -0.15) is 4.37 Å². The van der Waals surface area contributed by atoms with Gasteiger partial charge >= 0.3 is 0 Å². The summed E-state index contributed by atoms with van der Waals surface area (Å²) in [5.74, 6) is 0.875. The summed E-state index contributed by atoms with van der Waals surface area (Å²) in [6.45, 7) is 2.01. The summed E-state index contributed by atoms with van der Waals surface area (Å²) in [6, 6.07) is 0.0791. The molecule has 0 spiro atoms. The maximum Gasteiger partial charge on any atom is 0.202 e. The predicted octanol–water partition coefficient (Wildman–Crippen LogP) is 0.840. The molecule has 6 nitrogen and oxygen atoms in total. The van der Waals surface area contributed by atoms with Gasteiger partial charge in [-0.05, 0) is 6.92 Å². The molecule has 0 aliphatic carbocycles. The molecule has 1 N–H and O–H groups in total. The summed E-state index contributed by atoms with van der Waals surface area (Å²) < 4.78 is 5.78. The molecule has 0 saturated heterocycles. The Labute approximate surface area is 85.2 Å². The third-order valence-electron chi connectivity index (χ3n) is 1.83. The van der Waals surface area contributed by atoms with E-state index in [0.29, 0.717) is 0 Å². The van der Waals surface area contributed by atoms with Crippen molar-refractivity contribution in [3.8, 4) is 0 Å². The number of hydrogen-bond acceptors (Lipinski definition) is 6. The predicted molar refractivity (Wildman–Crippen MR) is 52.9 cm³/mol. The van der Waals surface area contributed by atoms with Gasteiger partial charge in [0.1, 0.15) is 12.7 Å². The van der Waals surface area contributed by atoms with Crippen LogP contribution in [0.15, 0.2) is 12.7 Å². The lowest BCUT2D eigenvalue weighted by Gasteiger charge is -2.10. The first-order chi connectivity index (χ1) is 6.77. The van der Waals surface area contributed by atoms with E-state index in [0.717, 1.165) is 11.0 Å². The highest BCUT2D eigenvalue weighted by Gasteiger charge is 2.11. The highest BCUT2D eigenvalue weighted by Crippen LogP contribution is 2.16. The molecule has 7 heteroatoms. The summed E-state index contributed by atoms with van der Waals surface area (Å²) in [5.41, 5.74) is 0. The first kappa shape index (κ1) is 9.07. The molecule has 0 amide bonds. The topological polar surface area (TPSA) is 68.5 Å². The van der Waals surface area contributed by atoms with E-state index in [1.165, 1.54) is 17.9 Å². The smallest absolute Gasteiger partial charge is 0.202 e. The number of aromatic nitrogens is 5. The van der Waals surface area contributed by atoms with Gasteiger partial charge in [0.15, 0.2) is 5.82 Å². The van der Waals surface area contributed by atoms with Gasteiger partial charge in [-0.15, -0.1) is 10.2 Å². The summed E-state index contributed by atoms with van der Waals surface area (Å²) in [5, 5.41) is 11.8. The van der Waals surface area contributed by atoms with E-state index >= 15 is 0 Å². The molecule has 0 aliphatic rings. The van der Waals surface area contributed by atoms with Crippen molar-refractivity contribution in [3.63, 3.8) is 0 Å². The lowest BCUT2D eigenvalue weighted by molar-refractivity contribution is 0.718. The van der Waals surface area contributed by atoms with Crippen molar-refractivity contribution in [1.82, 2.24) is 24.1 Å². The molecule has 0 fully saturated rings. The van der Waals surface area contributed by atoms with E-state index in [1.807, 2.05) is 18.5 Å². The third-order valence-corrected chi connectivity index (χ3v) is 2.43. The Kier molecular flexibility index (Phi) is 2.40. The van der Waals surface area contributed by atoms with E-state index in [1.54, 1.807) is 6.33 Å². The van der Waals surface area contributed by atoms with Crippen LogP contribution < -0.4 is 5.32 Å². The van der Waals surface area contributed by atoms with Crippen molar-refractivity contribution in [2.45, 2.75) is 13.0 Å². The van der Waals surface area contributed by atoms with Gasteiger partial charge < -0.3 is 9.88 Å². The van der Waals surface area contributed by atoms with Gasteiger partial charge in [0, 0.05) is 18.6 Å². The molecule has 1 atom stereocenters. The van der Waals surface area contributed by atoms with Crippen LogP contribution in [0.25, 0.3) is 0 Å². The Bertz CT molecular complexity index is 394. The summed E-state index contributed by atoms with van der Waals surface area (Å²) in [7, 11) is 1.91. The summed E-state index contributed by atoms with van der Waals surface area (Å²) >= 11 is 1.32. The van der Waals surface area contributed by atoms with Crippen molar-refractivity contribution >= 4 is 16.7 Å². The molecule has 2 rings (SSSR count). The Morgan fingerprint density at radius 2 is 2.43 bits per heavy atom. The molecule has 74 valence electrons. The van der Waals surface area contributed by atoms with Crippen LogP contribution >= 0.6 is 11.5 Å². The van der Waals surface area contributed by atoms with Crippen LogP contribution in [0.5, 0.6) is 0 Å². The zero-order valence-corrected chi connectivity index (χ0v) is 8.69. The number of nitrogens with one attached hydrogen (secondary N) is 1. The molecule has 1 unspecified atom stereocenters. The van der Waals surface area contributed by atoms with Crippen molar-refractivity contribution in [1.29, 1.82) is 0 Å². The molecule has 0 aromatic carbocycles. The first-order valence-corrected chi connectivity index (χ1v) is 4.92. The molecule has 2 aromatic heterocycles. The monoisotopic (exact) mass is 210 g/mol. The fourth-order valence-electron chi connectivity index (χ4n) is 1.17. The van der Waals surface area contributed by atoms with Crippen LogP contribution in [0, 0.1) is 0 Å².